The Labute approximate surface area is 246 Å². The first kappa shape index (κ1) is 26.3. The van der Waals surface area contributed by atoms with Gasteiger partial charge in [0.1, 0.15) is 41.0 Å². The third-order valence-corrected chi connectivity index (χ3v) is 9.69. The number of phenols is 1. The standard InChI is InChI=1S/C33H28F3N5O2/c1-2-22-26(35)7-6-18-11-21(42)13-23(27(18)22)29-28(36)30-24(14-37-29)31(40-9-3-5-20(34)16-40)39-32(38-30)43-17-33-8-4-10-41(33)15-19-12-25(19)33/h1,5-7,11,13-14,19,25,42H,3-4,8-10,12,15-17H2/t19-,25-,33-/m1/s1. The van der Waals surface area contributed by atoms with Crippen LogP contribution in [0.15, 0.2) is 42.4 Å². The number of anilines is 1. The van der Waals surface area contributed by atoms with E-state index in [-0.39, 0.29) is 57.4 Å². The number of pyridine rings is 1. The minimum atomic E-state index is -0.804. The van der Waals surface area contributed by atoms with Crippen molar-refractivity contribution < 1.29 is 23.0 Å². The van der Waals surface area contributed by atoms with E-state index in [2.05, 4.69) is 25.8 Å². The zero-order valence-corrected chi connectivity index (χ0v) is 23.3. The number of halogens is 3. The molecule has 4 aliphatic rings. The number of aromatic hydroxyl groups is 1. The first-order chi connectivity index (χ1) is 20.9. The number of ether oxygens (including phenoxy) is 1. The Morgan fingerprint density at radius 2 is 2.05 bits per heavy atom. The Kier molecular flexibility index (Phi) is 5.85. The minimum absolute atomic E-state index is 0.00922. The minimum Gasteiger partial charge on any atom is -0.508 e. The van der Waals surface area contributed by atoms with Gasteiger partial charge in [0, 0.05) is 30.2 Å². The molecule has 0 radical (unpaired) electrons. The predicted molar refractivity (Wildman–Crippen MR) is 156 cm³/mol. The summed E-state index contributed by atoms with van der Waals surface area (Å²) in [7, 11) is 0. The number of aromatic nitrogens is 3. The molecule has 1 aliphatic carbocycles. The van der Waals surface area contributed by atoms with Crippen molar-refractivity contribution in [3.63, 3.8) is 0 Å². The number of rotatable bonds is 5. The van der Waals surface area contributed by atoms with Crippen molar-refractivity contribution in [2.75, 3.05) is 37.7 Å². The van der Waals surface area contributed by atoms with Gasteiger partial charge >= 0.3 is 6.01 Å². The molecule has 0 unspecified atom stereocenters. The van der Waals surface area contributed by atoms with E-state index in [1.807, 2.05) is 0 Å². The predicted octanol–water partition coefficient (Wildman–Crippen LogP) is 5.74. The Hall–Kier alpha value is -4.36. The zero-order chi connectivity index (χ0) is 29.5. The summed E-state index contributed by atoms with van der Waals surface area (Å²) in [4.78, 5) is 17.8. The largest absolute Gasteiger partial charge is 0.508 e. The van der Waals surface area contributed by atoms with Crippen LogP contribution in [0.25, 0.3) is 32.9 Å². The van der Waals surface area contributed by atoms with Gasteiger partial charge in [0.05, 0.1) is 23.0 Å². The first-order valence-electron chi connectivity index (χ1n) is 14.6. The lowest BCUT2D eigenvalue weighted by atomic mass is 9.92. The highest BCUT2D eigenvalue weighted by Gasteiger charge is 2.63. The second kappa shape index (κ2) is 9.58. The van der Waals surface area contributed by atoms with E-state index in [9.17, 15) is 13.9 Å². The molecule has 1 saturated carbocycles. The molecule has 0 amide bonds. The number of nitrogens with zero attached hydrogens (tertiary/aromatic N) is 5. The highest BCUT2D eigenvalue weighted by atomic mass is 19.1. The monoisotopic (exact) mass is 583 g/mol. The Balaban J connectivity index is 1.28. The number of hydrogen-bond acceptors (Lipinski definition) is 7. The van der Waals surface area contributed by atoms with Gasteiger partial charge in [-0.15, -0.1) is 6.42 Å². The van der Waals surface area contributed by atoms with Crippen LogP contribution < -0.4 is 9.64 Å². The maximum atomic E-state index is 16.6. The molecule has 1 N–H and O–H groups in total. The number of fused-ring (bicyclic) bond motifs is 5. The molecule has 0 bridgehead atoms. The average Bonchev–Trinajstić information content (AvgIpc) is 3.55. The summed E-state index contributed by atoms with van der Waals surface area (Å²) in [5.74, 6) is 2.08. The van der Waals surface area contributed by atoms with Crippen LogP contribution in [-0.2, 0) is 0 Å². The third kappa shape index (κ3) is 4.05. The first-order valence-corrected chi connectivity index (χ1v) is 14.6. The molecule has 8 rings (SSSR count). The molecular formula is C33H28F3N5O2. The van der Waals surface area contributed by atoms with Crippen LogP contribution in [0.5, 0.6) is 11.8 Å². The van der Waals surface area contributed by atoms with Crippen LogP contribution in [0.3, 0.4) is 0 Å². The maximum Gasteiger partial charge on any atom is 0.319 e. The molecule has 2 saturated heterocycles. The molecule has 4 aromatic rings. The van der Waals surface area contributed by atoms with E-state index >= 15 is 4.39 Å². The summed E-state index contributed by atoms with van der Waals surface area (Å²) in [5, 5.41) is 11.4. The highest BCUT2D eigenvalue weighted by Crippen LogP contribution is 2.59. The van der Waals surface area contributed by atoms with Crippen molar-refractivity contribution in [1.82, 2.24) is 19.9 Å². The van der Waals surface area contributed by atoms with Gasteiger partial charge in [-0.2, -0.15) is 9.97 Å². The quantitative estimate of drug-likeness (QED) is 0.301. The third-order valence-electron chi connectivity index (χ3n) is 9.69. The van der Waals surface area contributed by atoms with Gasteiger partial charge in [0.2, 0.25) is 0 Å². The number of terminal acetylenes is 1. The lowest BCUT2D eigenvalue weighted by Crippen LogP contribution is -2.47. The molecule has 7 nitrogen and oxygen atoms in total. The van der Waals surface area contributed by atoms with E-state index < -0.39 is 11.6 Å². The molecule has 5 heterocycles. The van der Waals surface area contributed by atoms with Gasteiger partial charge < -0.3 is 14.7 Å². The average molecular weight is 584 g/mol. The second-order valence-electron chi connectivity index (χ2n) is 12.1. The number of phenolic OH excluding ortho intramolecular Hbond substituents is 1. The van der Waals surface area contributed by atoms with E-state index in [1.165, 1.54) is 43.0 Å². The molecule has 43 heavy (non-hydrogen) atoms. The number of hydrogen-bond donors (Lipinski definition) is 1. The summed E-state index contributed by atoms with van der Waals surface area (Å²) in [5.41, 5.74) is -0.212. The van der Waals surface area contributed by atoms with Crippen molar-refractivity contribution in [3.05, 3.63) is 59.6 Å². The van der Waals surface area contributed by atoms with Gasteiger partial charge in [-0.3, -0.25) is 9.88 Å². The van der Waals surface area contributed by atoms with E-state index in [0.29, 0.717) is 48.0 Å². The lowest BCUT2D eigenvalue weighted by Gasteiger charge is -2.34. The fourth-order valence-electron chi connectivity index (χ4n) is 7.65. The summed E-state index contributed by atoms with van der Waals surface area (Å²) >= 11 is 0. The van der Waals surface area contributed by atoms with Gasteiger partial charge in [-0.25, -0.2) is 13.2 Å². The number of benzene rings is 2. The fraction of sp³-hybridized carbons (Fsp3) is 0.364. The van der Waals surface area contributed by atoms with Crippen LogP contribution in [-0.4, -0.2) is 63.3 Å². The fourth-order valence-corrected chi connectivity index (χ4v) is 7.65. The smallest absolute Gasteiger partial charge is 0.319 e. The van der Waals surface area contributed by atoms with Crippen LogP contribution in [0.2, 0.25) is 0 Å². The van der Waals surface area contributed by atoms with Gasteiger partial charge in [-0.05, 0) is 73.7 Å². The molecule has 10 heteroatoms. The normalized spacial score (nSPS) is 24.6. The molecule has 3 atom stereocenters. The highest BCUT2D eigenvalue weighted by molar-refractivity contribution is 6.03. The zero-order valence-electron chi connectivity index (χ0n) is 23.3. The molecule has 2 aromatic heterocycles. The Morgan fingerprint density at radius 3 is 2.88 bits per heavy atom. The van der Waals surface area contributed by atoms with Gasteiger partial charge in [-0.1, -0.05) is 12.0 Å². The number of piperidine rings is 1. The van der Waals surface area contributed by atoms with Crippen molar-refractivity contribution in [2.45, 2.75) is 31.2 Å². The van der Waals surface area contributed by atoms with Crippen LogP contribution in [0.4, 0.5) is 19.0 Å². The van der Waals surface area contributed by atoms with E-state index in [0.717, 1.165) is 25.9 Å². The van der Waals surface area contributed by atoms with Crippen LogP contribution in [0, 0.1) is 35.8 Å². The maximum absolute atomic E-state index is 16.6. The SMILES string of the molecule is C#Cc1c(F)ccc2cc(O)cc(-c3ncc4c(N5CCC=C(F)C5)nc(OC[C@@]56CCCN5C[C@H]5C[C@H]56)nc4c3F)c12. The van der Waals surface area contributed by atoms with Crippen LogP contribution >= 0.6 is 0 Å². The van der Waals surface area contributed by atoms with Gasteiger partial charge in [0.25, 0.3) is 0 Å². The van der Waals surface area contributed by atoms with Crippen LogP contribution in [0.1, 0.15) is 31.2 Å². The second-order valence-corrected chi connectivity index (χ2v) is 12.1. The lowest BCUT2D eigenvalue weighted by molar-refractivity contribution is 0.0830. The summed E-state index contributed by atoms with van der Waals surface area (Å²) in [6.07, 6.45) is 12.4. The molecule has 3 fully saturated rings. The van der Waals surface area contributed by atoms with Crippen molar-refractivity contribution in [3.8, 4) is 35.4 Å². The molecule has 218 valence electrons. The topological polar surface area (TPSA) is 74.6 Å². The molecule has 3 aliphatic heterocycles. The summed E-state index contributed by atoms with van der Waals surface area (Å²) < 4.78 is 52.1. The van der Waals surface area contributed by atoms with E-state index in [1.54, 1.807) is 4.90 Å². The summed E-state index contributed by atoms with van der Waals surface area (Å²) in [6, 6.07) is 5.43. The van der Waals surface area contributed by atoms with Crippen molar-refractivity contribution >= 4 is 27.5 Å². The molecular weight excluding hydrogens is 555 g/mol. The van der Waals surface area contributed by atoms with E-state index in [4.69, 9.17) is 11.2 Å². The Morgan fingerprint density at radius 1 is 1.16 bits per heavy atom. The molecule has 2 aromatic carbocycles. The van der Waals surface area contributed by atoms with Gasteiger partial charge in [0.15, 0.2) is 5.82 Å². The Bertz CT molecular complexity index is 1910. The van der Waals surface area contributed by atoms with Crippen molar-refractivity contribution in [1.29, 1.82) is 0 Å². The van der Waals surface area contributed by atoms with Crippen molar-refractivity contribution in [2.24, 2.45) is 11.8 Å². The summed E-state index contributed by atoms with van der Waals surface area (Å²) in [6.45, 7) is 2.99. The molecule has 0 spiro atoms.